The fraction of sp³-hybridized carbons (Fsp3) is 0.600. The minimum atomic E-state index is 0.618. The van der Waals surface area contributed by atoms with Crippen LogP contribution in [-0.2, 0) is 6.54 Å². The smallest absolute Gasteiger partial charge is 0.0414 e. The number of nitrogens with two attached hydrogens (primary N) is 1. The molecule has 96 valence electrons. The second-order valence-corrected chi connectivity index (χ2v) is 4.89. The van der Waals surface area contributed by atoms with Crippen molar-refractivity contribution in [1.82, 2.24) is 0 Å². The van der Waals surface area contributed by atoms with Gasteiger partial charge in [-0.15, -0.1) is 0 Å². The normalized spacial score (nSPS) is 12.5. The van der Waals surface area contributed by atoms with Crippen molar-refractivity contribution in [3.8, 4) is 0 Å². The van der Waals surface area contributed by atoms with E-state index in [-0.39, 0.29) is 0 Å². The van der Waals surface area contributed by atoms with E-state index in [0.29, 0.717) is 6.54 Å². The largest absolute Gasteiger partial charge is 0.371 e. The van der Waals surface area contributed by atoms with Crippen molar-refractivity contribution < 1.29 is 0 Å². The van der Waals surface area contributed by atoms with E-state index in [2.05, 4.69) is 50.8 Å². The molecule has 1 rings (SSSR count). The van der Waals surface area contributed by atoms with Crippen molar-refractivity contribution in [2.45, 2.75) is 40.7 Å². The molecular weight excluding hydrogens is 208 g/mol. The zero-order valence-electron chi connectivity index (χ0n) is 11.7. The van der Waals surface area contributed by atoms with Gasteiger partial charge in [0.2, 0.25) is 0 Å². The Morgan fingerprint density at radius 2 is 2.00 bits per heavy atom. The molecule has 0 aliphatic carbocycles. The van der Waals surface area contributed by atoms with E-state index in [4.69, 9.17) is 5.73 Å². The highest BCUT2D eigenvalue weighted by molar-refractivity contribution is 5.55. The predicted molar refractivity (Wildman–Crippen MR) is 76.4 cm³/mol. The third kappa shape index (κ3) is 3.74. The molecule has 0 saturated heterocycles. The van der Waals surface area contributed by atoms with Crippen LogP contribution < -0.4 is 10.6 Å². The van der Waals surface area contributed by atoms with Gasteiger partial charge in [-0.2, -0.15) is 0 Å². The third-order valence-electron chi connectivity index (χ3n) is 3.41. The zero-order valence-corrected chi connectivity index (χ0v) is 11.7. The zero-order chi connectivity index (χ0) is 12.8. The van der Waals surface area contributed by atoms with Crippen LogP contribution in [0.4, 0.5) is 5.69 Å². The second-order valence-electron chi connectivity index (χ2n) is 4.89. The highest BCUT2D eigenvalue weighted by Crippen LogP contribution is 2.23. The quantitative estimate of drug-likeness (QED) is 0.818. The van der Waals surface area contributed by atoms with E-state index in [1.165, 1.54) is 23.2 Å². The molecule has 0 amide bonds. The average Bonchev–Trinajstić information content (AvgIpc) is 2.35. The van der Waals surface area contributed by atoms with Gasteiger partial charge in [0, 0.05) is 25.3 Å². The van der Waals surface area contributed by atoms with E-state index in [1.54, 1.807) is 0 Å². The molecule has 2 N–H and O–H groups in total. The fourth-order valence-electron chi connectivity index (χ4n) is 2.04. The van der Waals surface area contributed by atoms with E-state index < -0.39 is 0 Å². The summed E-state index contributed by atoms with van der Waals surface area (Å²) in [5, 5.41) is 0. The molecule has 17 heavy (non-hydrogen) atoms. The number of benzene rings is 1. The Hall–Kier alpha value is -1.02. The van der Waals surface area contributed by atoms with Crippen molar-refractivity contribution in [2.24, 2.45) is 11.7 Å². The van der Waals surface area contributed by atoms with Crippen molar-refractivity contribution in [3.05, 3.63) is 29.3 Å². The van der Waals surface area contributed by atoms with Gasteiger partial charge in [-0.3, -0.25) is 0 Å². The third-order valence-corrected chi connectivity index (χ3v) is 3.41. The molecule has 0 aromatic heterocycles. The lowest BCUT2D eigenvalue weighted by molar-refractivity contribution is 0.547. The van der Waals surface area contributed by atoms with Gasteiger partial charge in [0.05, 0.1) is 0 Å². The molecule has 0 aliphatic rings. The van der Waals surface area contributed by atoms with Crippen LogP contribution in [0.5, 0.6) is 0 Å². The molecule has 2 nitrogen and oxygen atoms in total. The van der Waals surface area contributed by atoms with Gasteiger partial charge in [-0.1, -0.05) is 32.4 Å². The van der Waals surface area contributed by atoms with Crippen molar-refractivity contribution in [1.29, 1.82) is 0 Å². The lowest BCUT2D eigenvalue weighted by atomic mass is 10.1. The first kappa shape index (κ1) is 14.0. The summed E-state index contributed by atoms with van der Waals surface area (Å²) >= 11 is 0. The number of aryl methyl sites for hydroxylation is 1. The minimum Gasteiger partial charge on any atom is -0.371 e. The molecule has 0 saturated carbocycles. The summed E-state index contributed by atoms with van der Waals surface area (Å²) in [4.78, 5) is 2.45. The Balaban J connectivity index is 2.97. The van der Waals surface area contributed by atoms with Crippen LogP contribution >= 0.6 is 0 Å². The molecule has 1 unspecified atom stereocenters. The molecule has 2 heteroatoms. The molecule has 0 bridgehead atoms. The van der Waals surface area contributed by atoms with Gasteiger partial charge >= 0.3 is 0 Å². The molecular formula is C15H26N2. The molecule has 1 atom stereocenters. The average molecular weight is 234 g/mol. The highest BCUT2D eigenvalue weighted by atomic mass is 15.1. The van der Waals surface area contributed by atoms with E-state index in [0.717, 1.165) is 19.0 Å². The maximum Gasteiger partial charge on any atom is 0.0414 e. The van der Waals surface area contributed by atoms with Crippen molar-refractivity contribution in [2.75, 3.05) is 18.0 Å². The van der Waals surface area contributed by atoms with E-state index in [9.17, 15) is 0 Å². The van der Waals surface area contributed by atoms with E-state index >= 15 is 0 Å². The first-order chi connectivity index (χ1) is 8.12. The summed E-state index contributed by atoms with van der Waals surface area (Å²) in [6, 6.07) is 6.56. The predicted octanol–water partition coefficient (Wildman–Crippen LogP) is 3.33. The summed E-state index contributed by atoms with van der Waals surface area (Å²) in [6.07, 6.45) is 1.22. The van der Waals surface area contributed by atoms with Gasteiger partial charge in [0.1, 0.15) is 0 Å². The summed E-state index contributed by atoms with van der Waals surface area (Å²) in [7, 11) is 0. The lowest BCUT2D eigenvalue weighted by Gasteiger charge is -2.28. The van der Waals surface area contributed by atoms with Crippen LogP contribution in [0.2, 0.25) is 0 Å². The standard InChI is InChI=1S/C15H26N2/c1-5-12(3)11-17(6-2)15-9-13(4)7-8-14(15)10-16/h7-9,12H,5-6,10-11,16H2,1-4H3. The summed E-state index contributed by atoms with van der Waals surface area (Å²) < 4.78 is 0. The van der Waals surface area contributed by atoms with Crippen molar-refractivity contribution in [3.63, 3.8) is 0 Å². The maximum atomic E-state index is 5.83. The van der Waals surface area contributed by atoms with Gasteiger partial charge in [-0.05, 0) is 37.0 Å². The Bertz CT molecular complexity index is 347. The Kier molecular flexibility index (Phi) is 5.49. The SMILES string of the molecule is CCC(C)CN(CC)c1cc(C)ccc1CN. The first-order valence-corrected chi connectivity index (χ1v) is 6.66. The molecule has 1 aromatic rings. The molecule has 0 spiro atoms. The highest BCUT2D eigenvalue weighted by Gasteiger charge is 2.11. The van der Waals surface area contributed by atoms with Gasteiger partial charge < -0.3 is 10.6 Å². The first-order valence-electron chi connectivity index (χ1n) is 6.66. The Labute approximate surface area is 106 Å². The molecule has 0 aliphatic heterocycles. The van der Waals surface area contributed by atoms with Crippen LogP contribution in [0.15, 0.2) is 18.2 Å². The van der Waals surface area contributed by atoms with Crippen molar-refractivity contribution >= 4 is 5.69 Å². The van der Waals surface area contributed by atoms with E-state index in [1.807, 2.05) is 0 Å². The number of anilines is 1. The van der Waals surface area contributed by atoms with Gasteiger partial charge in [-0.25, -0.2) is 0 Å². The number of nitrogens with zero attached hydrogens (tertiary/aromatic N) is 1. The van der Waals surface area contributed by atoms with Crippen LogP contribution in [0.25, 0.3) is 0 Å². The molecule has 0 radical (unpaired) electrons. The minimum absolute atomic E-state index is 0.618. The number of hydrogen-bond acceptors (Lipinski definition) is 2. The van der Waals surface area contributed by atoms with Crippen LogP contribution in [-0.4, -0.2) is 13.1 Å². The summed E-state index contributed by atoms with van der Waals surface area (Å²) in [6.45, 7) is 11.7. The fourth-order valence-corrected chi connectivity index (χ4v) is 2.04. The topological polar surface area (TPSA) is 29.3 Å². The number of rotatable bonds is 6. The van der Waals surface area contributed by atoms with Crippen LogP contribution in [0.3, 0.4) is 0 Å². The van der Waals surface area contributed by atoms with Gasteiger partial charge in [0.25, 0.3) is 0 Å². The van der Waals surface area contributed by atoms with Gasteiger partial charge in [0.15, 0.2) is 0 Å². The Morgan fingerprint density at radius 3 is 2.53 bits per heavy atom. The molecule has 1 aromatic carbocycles. The summed E-state index contributed by atoms with van der Waals surface area (Å²) in [5.41, 5.74) is 9.70. The van der Waals surface area contributed by atoms with Crippen LogP contribution in [0, 0.1) is 12.8 Å². The summed E-state index contributed by atoms with van der Waals surface area (Å²) in [5.74, 6) is 0.723. The second kappa shape index (κ2) is 6.65. The maximum absolute atomic E-state index is 5.83. The molecule has 0 fully saturated rings. The molecule has 0 heterocycles. The monoisotopic (exact) mass is 234 g/mol. The Morgan fingerprint density at radius 1 is 1.29 bits per heavy atom. The number of hydrogen-bond donors (Lipinski definition) is 1. The van der Waals surface area contributed by atoms with Crippen LogP contribution in [0.1, 0.15) is 38.3 Å². The lowest BCUT2D eigenvalue weighted by Crippen LogP contribution is -2.29.